The van der Waals surface area contributed by atoms with Gasteiger partial charge in [-0.05, 0) is 24.1 Å². The lowest BCUT2D eigenvalue weighted by Gasteiger charge is -2.20. The van der Waals surface area contributed by atoms with Gasteiger partial charge in [0.1, 0.15) is 0 Å². The van der Waals surface area contributed by atoms with E-state index in [1.165, 1.54) is 0 Å². The van der Waals surface area contributed by atoms with Crippen LogP contribution in [0.25, 0.3) is 0 Å². The summed E-state index contributed by atoms with van der Waals surface area (Å²) in [5, 5.41) is 5.64. The molecule has 0 saturated carbocycles. The number of nitrogens with one attached hydrogen (secondary N) is 2. The van der Waals surface area contributed by atoms with E-state index < -0.39 is 21.9 Å². The SMILES string of the molecule is O=C(N[C@@H]1CCS(=O)(=O)C1)N[C@@H](c1ccccc1)c1ccccn1. The fourth-order valence-electron chi connectivity index (χ4n) is 2.79. The minimum atomic E-state index is -3.03. The molecule has 0 spiro atoms. The van der Waals surface area contributed by atoms with Crippen molar-refractivity contribution in [2.45, 2.75) is 18.5 Å². The second-order valence-electron chi connectivity index (χ2n) is 5.82. The summed E-state index contributed by atoms with van der Waals surface area (Å²) in [6, 6.07) is 13.9. The zero-order chi connectivity index (χ0) is 17.0. The molecule has 6 nitrogen and oxygen atoms in total. The topological polar surface area (TPSA) is 88.2 Å². The molecule has 1 saturated heterocycles. The molecular weight excluding hydrogens is 326 g/mol. The maximum atomic E-state index is 12.3. The van der Waals surface area contributed by atoms with Crippen molar-refractivity contribution in [3.8, 4) is 0 Å². The molecule has 0 bridgehead atoms. The molecule has 0 aliphatic carbocycles. The number of carbonyl (C=O) groups is 1. The number of rotatable bonds is 4. The summed E-state index contributed by atoms with van der Waals surface area (Å²) in [5.74, 6) is 0.125. The summed E-state index contributed by atoms with van der Waals surface area (Å²) < 4.78 is 23.0. The summed E-state index contributed by atoms with van der Waals surface area (Å²) in [5.41, 5.74) is 1.63. The summed E-state index contributed by atoms with van der Waals surface area (Å²) in [4.78, 5) is 16.6. The van der Waals surface area contributed by atoms with Gasteiger partial charge in [0.05, 0.1) is 23.2 Å². The Morgan fingerprint density at radius 3 is 2.50 bits per heavy atom. The Kier molecular flexibility index (Phi) is 4.80. The molecule has 1 aromatic heterocycles. The Bertz CT molecular complexity index is 755. The van der Waals surface area contributed by atoms with Crippen LogP contribution in [0.3, 0.4) is 0 Å². The average molecular weight is 345 g/mol. The maximum absolute atomic E-state index is 12.3. The minimum absolute atomic E-state index is 0.0000106. The second kappa shape index (κ2) is 7.00. The number of hydrogen-bond acceptors (Lipinski definition) is 4. The smallest absolute Gasteiger partial charge is 0.315 e. The Hall–Kier alpha value is -2.41. The van der Waals surface area contributed by atoms with E-state index in [2.05, 4.69) is 15.6 Å². The highest BCUT2D eigenvalue weighted by molar-refractivity contribution is 7.91. The quantitative estimate of drug-likeness (QED) is 0.882. The molecule has 1 aliphatic heterocycles. The lowest BCUT2D eigenvalue weighted by Crippen LogP contribution is -2.44. The molecule has 1 aliphatic rings. The summed E-state index contributed by atoms with van der Waals surface area (Å²) >= 11 is 0. The number of urea groups is 1. The van der Waals surface area contributed by atoms with E-state index in [9.17, 15) is 13.2 Å². The van der Waals surface area contributed by atoms with E-state index in [1.54, 1.807) is 6.20 Å². The largest absolute Gasteiger partial charge is 0.334 e. The van der Waals surface area contributed by atoms with Crippen LogP contribution in [-0.4, -0.2) is 37.0 Å². The standard InChI is InChI=1S/C17H19N3O3S/c21-17(19-14-9-11-24(22,23)12-14)20-16(13-6-2-1-3-7-13)15-8-4-5-10-18-15/h1-8,10,14,16H,9,11-12H2,(H2,19,20,21)/t14-,16+/m1/s1. The number of hydrogen-bond donors (Lipinski definition) is 2. The molecule has 0 unspecified atom stereocenters. The van der Waals surface area contributed by atoms with Gasteiger partial charge in [0.15, 0.2) is 9.84 Å². The number of carbonyl (C=O) groups excluding carboxylic acids is 1. The first-order chi connectivity index (χ1) is 11.5. The second-order valence-corrected chi connectivity index (χ2v) is 8.04. The first kappa shape index (κ1) is 16.4. The van der Waals surface area contributed by atoms with Crippen LogP contribution in [0.15, 0.2) is 54.7 Å². The van der Waals surface area contributed by atoms with Crippen LogP contribution in [0.2, 0.25) is 0 Å². The van der Waals surface area contributed by atoms with Crippen molar-refractivity contribution in [2.24, 2.45) is 0 Å². The van der Waals surface area contributed by atoms with Gasteiger partial charge in [-0.3, -0.25) is 4.98 Å². The van der Waals surface area contributed by atoms with Crippen molar-refractivity contribution >= 4 is 15.9 Å². The van der Waals surface area contributed by atoms with E-state index in [0.29, 0.717) is 6.42 Å². The molecule has 3 rings (SSSR count). The molecule has 0 radical (unpaired) electrons. The van der Waals surface area contributed by atoms with Crippen molar-refractivity contribution in [2.75, 3.05) is 11.5 Å². The van der Waals surface area contributed by atoms with Gasteiger partial charge < -0.3 is 10.6 Å². The maximum Gasteiger partial charge on any atom is 0.315 e. The Balaban J connectivity index is 1.74. The van der Waals surface area contributed by atoms with E-state index in [0.717, 1.165) is 11.3 Å². The number of benzene rings is 1. The summed E-state index contributed by atoms with van der Waals surface area (Å²) in [6.45, 7) is 0. The van der Waals surface area contributed by atoms with Gasteiger partial charge in [0, 0.05) is 12.2 Å². The molecule has 2 atom stereocenters. The first-order valence-corrected chi connectivity index (χ1v) is 9.59. The molecule has 2 amide bonds. The Morgan fingerprint density at radius 2 is 1.88 bits per heavy atom. The lowest BCUT2D eigenvalue weighted by atomic mass is 10.0. The normalized spacial score (nSPS) is 20.2. The van der Waals surface area contributed by atoms with Crippen molar-refractivity contribution in [1.82, 2.24) is 15.6 Å². The third kappa shape index (κ3) is 4.11. The molecular formula is C17H19N3O3S. The predicted octanol–water partition coefficient (Wildman–Crippen LogP) is 1.66. The first-order valence-electron chi connectivity index (χ1n) is 7.77. The highest BCUT2D eigenvalue weighted by Crippen LogP contribution is 2.20. The van der Waals surface area contributed by atoms with Gasteiger partial charge in [-0.1, -0.05) is 36.4 Å². The predicted molar refractivity (Wildman–Crippen MR) is 91.2 cm³/mol. The molecule has 7 heteroatoms. The monoisotopic (exact) mass is 345 g/mol. The van der Waals surface area contributed by atoms with E-state index in [1.807, 2.05) is 48.5 Å². The van der Waals surface area contributed by atoms with E-state index >= 15 is 0 Å². The van der Waals surface area contributed by atoms with Gasteiger partial charge >= 0.3 is 6.03 Å². The summed E-state index contributed by atoms with van der Waals surface area (Å²) in [7, 11) is -3.03. The van der Waals surface area contributed by atoms with Gasteiger partial charge in [0.2, 0.25) is 0 Å². The van der Waals surface area contributed by atoms with Crippen molar-refractivity contribution < 1.29 is 13.2 Å². The van der Waals surface area contributed by atoms with Crippen molar-refractivity contribution in [3.05, 3.63) is 66.0 Å². The number of amides is 2. The fourth-order valence-corrected chi connectivity index (χ4v) is 4.46. The zero-order valence-electron chi connectivity index (χ0n) is 13.1. The third-order valence-corrected chi connectivity index (χ3v) is 5.73. The van der Waals surface area contributed by atoms with Crippen molar-refractivity contribution in [1.29, 1.82) is 0 Å². The highest BCUT2D eigenvalue weighted by Gasteiger charge is 2.29. The van der Waals surface area contributed by atoms with Gasteiger partial charge in [0.25, 0.3) is 0 Å². The van der Waals surface area contributed by atoms with Crippen molar-refractivity contribution in [3.63, 3.8) is 0 Å². The van der Waals surface area contributed by atoms with Gasteiger partial charge in [-0.15, -0.1) is 0 Å². The fraction of sp³-hybridized carbons (Fsp3) is 0.294. The average Bonchev–Trinajstić information content (AvgIpc) is 2.93. The Morgan fingerprint density at radius 1 is 1.12 bits per heavy atom. The molecule has 126 valence electrons. The third-order valence-electron chi connectivity index (χ3n) is 3.96. The van der Waals surface area contributed by atoms with Gasteiger partial charge in [-0.2, -0.15) is 0 Å². The van der Waals surface area contributed by atoms with Crippen LogP contribution in [0, 0.1) is 0 Å². The molecule has 24 heavy (non-hydrogen) atoms. The molecule has 2 heterocycles. The number of aromatic nitrogens is 1. The van der Waals surface area contributed by atoms with E-state index in [-0.39, 0.29) is 17.5 Å². The number of nitrogens with zero attached hydrogens (tertiary/aromatic N) is 1. The van der Waals surface area contributed by atoms with Crippen LogP contribution >= 0.6 is 0 Å². The minimum Gasteiger partial charge on any atom is -0.334 e. The number of sulfone groups is 1. The zero-order valence-corrected chi connectivity index (χ0v) is 13.9. The molecule has 2 aromatic rings. The molecule has 1 aromatic carbocycles. The van der Waals surface area contributed by atoms with Crippen LogP contribution in [0.4, 0.5) is 4.79 Å². The van der Waals surface area contributed by atoms with Crippen LogP contribution in [0.5, 0.6) is 0 Å². The highest BCUT2D eigenvalue weighted by atomic mass is 32.2. The molecule has 1 fully saturated rings. The lowest BCUT2D eigenvalue weighted by molar-refractivity contribution is 0.235. The molecule has 2 N–H and O–H groups in total. The van der Waals surface area contributed by atoms with Crippen LogP contribution in [0.1, 0.15) is 23.7 Å². The Labute approximate surface area is 141 Å². The van der Waals surface area contributed by atoms with Gasteiger partial charge in [-0.25, -0.2) is 13.2 Å². The van der Waals surface area contributed by atoms with E-state index in [4.69, 9.17) is 0 Å². The van der Waals surface area contributed by atoms with Crippen LogP contribution in [-0.2, 0) is 9.84 Å². The number of pyridine rings is 1. The summed E-state index contributed by atoms with van der Waals surface area (Å²) in [6.07, 6.45) is 2.13. The van der Waals surface area contributed by atoms with Crippen LogP contribution < -0.4 is 10.6 Å².